The Morgan fingerprint density at radius 2 is 1.89 bits per heavy atom. The SMILES string of the molecule is O=C(C1CCCCCC1)N1CCC[C@H](Cn2cc(-c3ccccn3)nn2)C1. The van der Waals surface area contributed by atoms with Gasteiger partial charge in [0.05, 0.1) is 11.9 Å². The lowest BCUT2D eigenvalue weighted by molar-refractivity contribution is -0.138. The number of hydrogen-bond donors (Lipinski definition) is 0. The number of piperidine rings is 1. The summed E-state index contributed by atoms with van der Waals surface area (Å²) in [5, 5.41) is 8.54. The fourth-order valence-corrected chi connectivity index (χ4v) is 4.48. The Balaban J connectivity index is 1.36. The Kier molecular flexibility index (Phi) is 5.80. The van der Waals surface area contributed by atoms with Crippen molar-refractivity contribution < 1.29 is 4.79 Å². The predicted octanol–water partition coefficient (Wildman–Crippen LogP) is 3.55. The van der Waals surface area contributed by atoms with E-state index >= 15 is 0 Å². The van der Waals surface area contributed by atoms with E-state index in [4.69, 9.17) is 0 Å². The average Bonchev–Trinajstić information content (AvgIpc) is 3.00. The zero-order valence-electron chi connectivity index (χ0n) is 16.0. The number of carbonyl (C=O) groups excluding carboxylic acids is 1. The highest BCUT2D eigenvalue weighted by molar-refractivity contribution is 5.79. The van der Waals surface area contributed by atoms with E-state index < -0.39 is 0 Å². The number of carbonyl (C=O) groups is 1. The molecule has 27 heavy (non-hydrogen) atoms. The van der Waals surface area contributed by atoms with Crippen molar-refractivity contribution in [3.05, 3.63) is 30.6 Å². The van der Waals surface area contributed by atoms with Gasteiger partial charge in [-0.3, -0.25) is 14.5 Å². The lowest BCUT2D eigenvalue weighted by Gasteiger charge is -2.34. The van der Waals surface area contributed by atoms with Crippen LogP contribution in [0.15, 0.2) is 30.6 Å². The fraction of sp³-hybridized carbons (Fsp3) is 0.619. The number of nitrogens with zero attached hydrogens (tertiary/aromatic N) is 5. The summed E-state index contributed by atoms with van der Waals surface area (Å²) in [7, 11) is 0. The summed E-state index contributed by atoms with van der Waals surface area (Å²) < 4.78 is 1.91. The van der Waals surface area contributed by atoms with E-state index in [1.165, 1.54) is 25.7 Å². The normalized spacial score (nSPS) is 21.8. The molecule has 3 heterocycles. The zero-order chi connectivity index (χ0) is 18.5. The van der Waals surface area contributed by atoms with Crippen LogP contribution in [-0.4, -0.2) is 43.9 Å². The lowest BCUT2D eigenvalue weighted by atomic mass is 9.94. The van der Waals surface area contributed by atoms with Gasteiger partial charge in [0.25, 0.3) is 0 Å². The second-order valence-corrected chi connectivity index (χ2v) is 8.02. The highest BCUT2D eigenvalue weighted by Crippen LogP contribution is 2.27. The number of aromatic nitrogens is 4. The molecule has 1 amide bonds. The summed E-state index contributed by atoms with van der Waals surface area (Å²) in [5.41, 5.74) is 1.65. The van der Waals surface area contributed by atoms with Crippen molar-refractivity contribution in [1.29, 1.82) is 0 Å². The molecule has 2 fully saturated rings. The van der Waals surface area contributed by atoms with Gasteiger partial charge in [0.1, 0.15) is 5.69 Å². The van der Waals surface area contributed by atoms with Crippen LogP contribution in [0.5, 0.6) is 0 Å². The number of rotatable bonds is 4. The Morgan fingerprint density at radius 3 is 2.67 bits per heavy atom. The summed E-state index contributed by atoms with van der Waals surface area (Å²) >= 11 is 0. The van der Waals surface area contributed by atoms with Crippen LogP contribution in [0.3, 0.4) is 0 Å². The van der Waals surface area contributed by atoms with Gasteiger partial charge in [-0.25, -0.2) is 0 Å². The maximum absolute atomic E-state index is 13.0. The molecular formula is C21H29N5O. The zero-order valence-corrected chi connectivity index (χ0v) is 16.0. The third-order valence-corrected chi connectivity index (χ3v) is 5.95. The summed E-state index contributed by atoms with van der Waals surface area (Å²) in [5.74, 6) is 1.11. The van der Waals surface area contributed by atoms with Gasteiger partial charge < -0.3 is 4.90 Å². The molecule has 2 aliphatic rings. The van der Waals surface area contributed by atoms with Gasteiger partial charge in [-0.1, -0.05) is 37.0 Å². The molecule has 0 bridgehead atoms. The van der Waals surface area contributed by atoms with E-state index in [1.807, 2.05) is 29.1 Å². The van der Waals surface area contributed by atoms with Gasteiger partial charge in [-0.2, -0.15) is 0 Å². The van der Waals surface area contributed by atoms with Gasteiger partial charge in [0.15, 0.2) is 0 Å². The van der Waals surface area contributed by atoms with Crippen LogP contribution in [0.2, 0.25) is 0 Å². The van der Waals surface area contributed by atoms with Crippen molar-refractivity contribution >= 4 is 5.91 Å². The Morgan fingerprint density at radius 1 is 1.04 bits per heavy atom. The monoisotopic (exact) mass is 367 g/mol. The minimum absolute atomic E-state index is 0.258. The molecular weight excluding hydrogens is 338 g/mol. The van der Waals surface area contributed by atoms with Crippen LogP contribution >= 0.6 is 0 Å². The van der Waals surface area contributed by atoms with E-state index in [2.05, 4.69) is 20.2 Å². The topological polar surface area (TPSA) is 63.9 Å². The summed E-state index contributed by atoms with van der Waals surface area (Å²) in [6.07, 6.45) is 13.1. The molecule has 1 atom stereocenters. The van der Waals surface area contributed by atoms with Gasteiger partial charge in [0.2, 0.25) is 5.91 Å². The standard InChI is InChI=1S/C21H29N5O/c27-21(18-9-3-1-2-4-10-18)25-13-7-8-17(14-25)15-26-16-20(23-24-26)19-11-5-6-12-22-19/h5-6,11-12,16-18H,1-4,7-10,13-15H2/t17-/m0/s1. The van der Waals surface area contributed by atoms with Crippen molar-refractivity contribution in [2.75, 3.05) is 13.1 Å². The smallest absolute Gasteiger partial charge is 0.225 e. The van der Waals surface area contributed by atoms with Crippen LogP contribution in [-0.2, 0) is 11.3 Å². The molecule has 1 aliphatic carbocycles. The molecule has 0 radical (unpaired) electrons. The minimum Gasteiger partial charge on any atom is -0.342 e. The van der Waals surface area contributed by atoms with Crippen molar-refractivity contribution in [2.45, 2.75) is 57.9 Å². The second-order valence-electron chi connectivity index (χ2n) is 8.02. The van der Waals surface area contributed by atoms with Crippen LogP contribution in [0.1, 0.15) is 51.4 Å². The average molecular weight is 367 g/mol. The summed E-state index contributed by atoms with van der Waals surface area (Å²) in [4.78, 5) is 19.4. The van der Waals surface area contributed by atoms with Crippen molar-refractivity contribution in [1.82, 2.24) is 24.9 Å². The largest absolute Gasteiger partial charge is 0.342 e. The maximum atomic E-state index is 13.0. The lowest BCUT2D eigenvalue weighted by Crippen LogP contribution is -2.44. The molecule has 0 aromatic carbocycles. The van der Waals surface area contributed by atoms with E-state index in [0.29, 0.717) is 11.8 Å². The van der Waals surface area contributed by atoms with Gasteiger partial charge >= 0.3 is 0 Å². The van der Waals surface area contributed by atoms with E-state index in [1.54, 1.807) is 6.20 Å². The maximum Gasteiger partial charge on any atom is 0.225 e. The Bertz CT molecular complexity index is 736. The number of pyridine rings is 1. The predicted molar refractivity (Wildman–Crippen MR) is 104 cm³/mol. The molecule has 4 rings (SSSR count). The number of hydrogen-bond acceptors (Lipinski definition) is 4. The fourth-order valence-electron chi connectivity index (χ4n) is 4.48. The molecule has 1 saturated carbocycles. The van der Waals surface area contributed by atoms with Gasteiger partial charge in [-0.05, 0) is 43.7 Å². The van der Waals surface area contributed by atoms with E-state index in [9.17, 15) is 4.79 Å². The van der Waals surface area contributed by atoms with Gasteiger partial charge in [0, 0.05) is 31.7 Å². The van der Waals surface area contributed by atoms with Crippen LogP contribution in [0.4, 0.5) is 0 Å². The molecule has 144 valence electrons. The highest BCUT2D eigenvalue weighted by Gasteiger charge is 2.29. The molecule has 6 heteroatoms. The van der Waals surface area contributed by atoms with Gasteiger partial charge in [-0.15, -0.1) is 5.10 Å². The molecule has 2 aromatic rings. The first kappa shape index (κ1) is 18.1. The van der Waals surface area contributed by atoms with Crippen LogP contribution < -0.4 is 0 Å². The molecule has 0 spiro atoms. The molecule has 2 aromatic heterocycles. The summed E-state index contributed by atoms with van der Waals surface area (Å²) in [6.45, 7) is 2.59. The highest BCUT2D eigenvalue weighted by atomic mass is 16.2. The van der Waals surface area contributed by atoms with Crippen molar-refractivity contribution in [3.63, 3.8) is 0 Å². The van der Waals surface area contributed by atoms with Crippen LogP contribution in [0.25, 0.3) is 11.4 Å². The molecule has 0 N–H and O–H groups in total. The first-order valence-corrected chi connectivity index (χ1v) is 10.4. The van der Waals surface area contributed by atoms with Crippen molar-refractivity contribution in [2.24, 2.45) is 11.8 Å². The Labute approximate surface area is 161 Å². The first-order valence-electron chi connectivity index (χ1n) is 10.4. The molecule has 0 unspecified atom stereocenters. The molecule has 1 saturated heterocycles. The molecule has 6 nitrogen and oxygen atoms in total. The van der Waals surface area contributed by atoms with E-state index in [0.717, 1.165) is 56.7 Å². The van der Waals surface area contributed by atoms with E-state index in [-0.39, 0.29) is 5.92 Å². The van der Waals surface area contributed by atoms with Crippen LogP contribution in [0, 0.1) is 11.8 Å². The Hall–Kier alpha value is -2.24. The quantitative estimate of drug-likeness (QED) is 0.775. The minimum atomic E-state index is 0.258. The second kappa shape index (κ2) is 8.63. The first-order chi connectivity index (χ1) is 13.3. The van der Waals surface area contributed by atoms with Crippen molar-refractivity contribution in [3.8, 4) is 11.4 Å². The summed E-state index contributed by atoms with van der Waals surface area (Å²) in [6, 6.07) is 5.80. The number of likely N-dealkylation sites (tertiary alicyclic amines) is 1. The third-order valence-electron chi connectivity index (χ3n) is 5.95. The third kappa shape index (κ3) is 4.54. The molecule has 1 aliphatic heterocycles. The number of amides is 1.